The Kier molecular flexibility index (Phi) is 5.05. The van der Waals surface area contributed by atoms with Crippen LogP contribution in [-0.4, -0.2) is 44.2 Å². The van der Waals surface area contributed by atoms with E-state index in [-0.39, 0.29) is 31.6 Å². The van der Waals surface area contributed by atoms with E-state index in [9.17, 15) is 14.4 Å². The number of aliphatic hydroxyl groups is 1. The fourth-order valence-electron chi connectivity index (χ4n) is 1.75. The molecule has 7 nitrogen and oxygen atoms in total. The number of carbonyl (C=O) groups is 1. The van der Waals surface area contributed by atoms with Crippen LogP contribution < -0.4 is 11.2 Å². The van der Waals surface area contributed by atoms with E-state index >= 15 is 0 Å². The highest BCUT2D eigenvalue weighted by Gasteiger charge is 2.17. The average Bonchev–Trinajstić information content (AvgIpc) is 2.36. The molecule has 19 heavy (non-hydrogen) atoms. The number of hydrogen-bond donors (Lipinski definition) is 1. The number of aliphatic hydroxyl groups excluding tert-OH is 1. The molecule has 1 heterocycles. The Morgan fingerprint density at radius 1 is 1.42 bits per heavy atom. The number of rotatable bonds is 5. The lowest BCUT2D eigenvalue weighted by Gasteiger charge is -2.26. The third-order valence-electron chi connectivity index (χ3n) is 2.85. The zero-order valence-electron chi connectivity index (χ0n) is 11.4. The van der Waals surface area contributed by atoms with Crippen molar-refractivity contribution in [3.63, 3.8) is 0 Å². The van der Waals surface area contributed by atoms with Gasteiger partial charge in [0.05, 0.1) is 6.61 Å². The lowest BCUT2D eigenvalue weighted by molar-refractivity contribution is -0.134. The minimum absolute atomic E-state index is 0.0668. The number of aromatic nitrogens is 2. The first-order chi connectivity index (χ1) is 8.88. The van der Waals surface area contributed by atoms with E-state index in [1.54, 1.807) is 0 Å². The molecule has 1 N–H and O–H groups in total. The summed E-state index contributed by atoms with van der Waals surface area (Å²) in [5.41, 5.74) is -0.946. The maximum absolute atomic E-state index is 12.1. The van der Waals surface area contributed by atoms with Crippen LogP contribution in [0.15, 0.2) is 21.9 Å². The Labute approximate surface area is 110 Å². The summed E-state index contributed by atoms with van der Waals surface area (Å²) in [6.45, 7) is 3.60. The van der Waals surface area contributed by atoms with Crippen molar-refractivity contribution in [2.24, 2.45) is 7.05 Å². The summed E-state index contributed by atoms with van der Waals surface area (Å²) in [7, 11) is 1.36. The van der Waals surface area contributed by atoms with E-state index in [0.717, 1.165) is 4.57 Å². The van der Waals surface area contributed by atoms with Crippen LogP contribution >= 0.6 is 0 Å². The minimum atomic E-state index is -0.534. The molecule has 0 bridgehead atoms. The molecule has 0 unspecified atom stereocenters. The largest absolute Gasteiger partial charge is 0.395 e. The van der Waals surface area contributed by atoms with Gasteiger partial charge in [0.15, 0.2) is 0 Å². The van der Waals surface area contributed by atoms with E-state index < -0.39 is 11.2 Å². The molecule has 0 aliphatic heterocycles. The first kappa shape index (κ1) is 15.2. The van der Waals surface area contributed by atoms with Crippen LogP contribution in [0.2, 0.25) is 0 Å². The molecule has 7 heteroatoms. The maximum atomic E-state index is 12.1. The first-order valence-corrected chi connectivity index (χ1v) is 6.05. The highest BCUT2D eigenvalue weighted by molar-refractivity contribution is 5.76. The number of amides is 1. The molecule has 0 saturated heterocycles. The molecule has 0 aliphatic rings. The summed E-state index contributed by atoms with van der Waals surface area (Å²) < 4.78 is 2.12. The molecule has 1 aromatic heterocycles. The van der Waals surface area contributed by atoms with E-state index in [1.165, 1.54) is 28.8 Å². The van der Waals surface area contributed by atoms with Crippen molar-refractivity contribution in [3.8, 4) is 0 Å². The van der Waals surface area contributed by atoms with Gasteiger partial charge in [-0.05, 0) is 13.8 Å². The van der Waals surface area contributed by atoms with Gasteiger partial charge < -0.3 is 10.0 Å². The number of carbonyl (C=O) groups excluding carboxylic acids is 1. The van der Waals surface area contributed by atoms with Gasteiger partial charge in [-0.15, -0.1) is 0 Å². The van der Waals surface area contributed by atoms with Gasteiger partial charge in [-0.2, -0.15) is 0 Å². The van der Waals surface area contributed by atoms with Crippen molar-refractivity contribution in [2.45, 2.75) is 26.4 Å². The van der Waals surface area contributed by atoms with Gasteiger partial charge in [-0.3, -0.25) is 18.7 Å². The Bertz CT molecular complexity index is 559. The predicted octanol–water partition coefficient (Wildman–Crippen LogP) is -1.22. The summed E-state index contributed by atoms with van der Waals surface area (Å²) in [6.07, 6.45) is 1.31. The second-order valence-corrected chi connectivity index (χ2v) is 4.53. The first-order valence-electron chi connectivity index (χ1n) is 6.05. The standard InChI is InChI=1S/C12H19N3O4/c1-9(2)15(6-7-16)11(18)8-14-5-4-10(17)13(3)12(14)19/h4-5,9,16H,6-8H2,1-3H3. The zero-order valence-corrected chi connectivity index (χ0v) is 11.4. The lowest BCUT2D eigenvalue weighted by Crippen LogP contribution is -2.44. The second kappa shape index (κ2) is 6.33. The second-order valence-electron chi connectivity index (χ2n) is 4.53. The van der Waals surface area contributed by atoms with Crippen molar-refractivity contribution < 1.29 is 9.90 Å². The third-order valence-corrected chi connectivity index (χ3v) is 2.85. The Balaban J connectivity index is 2.96. The molecule has 0 spiro atoms. The van der Waals surface area contributed by atoms with Crippen LogP contribution in [0, 0.1) is 0 Å². The van der Waals surface area contributed by atoms with Crippen molar-refractivity contribution in [3.05, 3.63) is 33.1 Å². The Morgan fingerprint density at radius 2 is 2.05 bits per heavy atom. The predicted molar refractivity (Wildman–Crippen MR) is 69.9 cm³/mol. The van der Waals surface area contributed by atoms with Crippen LogP contribution in [0.3, 0.4) is 0 Å². The summed E-state index contributed by atoms with van der Waals surface area (Å²) >= 11 is 0. The van der Waals surface area contributed by atoms with Crippen LogP contribution in [0.25, 0.3) is 0 Å². The molecular formula is C12H19N3O4. The van der Waals surface area contributed by atoms with E-state index in [0.29, 0.717) is 0 Å². The number of nitrogens with zero attached hydrogens (tertiary/aromatic N) is 3. The number of hydrogen-bond acceptors (Lipinski definition) is 4. The van der Waals surface area contributed by atoms with Crippen molar-refractivity contribution in [1.29, 1.82) is 0 Å². The summed E-state index contributed by atoms with van der Waals surface area (Å²) in [4.78, 5) is 36.6. The van der Waals surface area contributed by atoms with Crippen molar-refractivity contribution in [2.75, 3.05) is 13.2 Å². The molecule has 1 aromatic rings. The highest BCUT2D eigenvalue weighted by atomic mass is 16.3. The smallest absolute Gasteiger partial charge is 0.331 e. The summed E-state index contributed by atoms with van der Waals surface area (Å²) in [5, 5.41) is 8.93. The fourth-order valence-corrected chi connectivity index (χ4v) is 1.75. The van der Waals surface area contributed by atoms with Crippen molar-refractivity contribution in [1.82, 2.24) is 14.0 Å². The third kappa shape index (κ3) is 3.54. The quantitative estimate of drug-likeness (QED) is 0.726. The SMILES string of the molecule is CC(C)N(CCO)C(=O)Cn1ccc(=O)n(C)c1=O. The van der Waals surface area contributed by atoms with Gasteiger partial charge in [0.2, 0.25) is 5.91 Å². The molecule has 0 fully saturated rings. The minimum Gasteiger partial charge on any atom is -0.395 e. The van der Waals surface area contributed by atoms with Gasteiger partial charge in [0.1, 0.15) is 6.54 Å². The van der Waals surface area contributed by atoms with Crippen LogP contribution in [0.1, 0.15) is 13.8 Å². The van der Waals surface area contributed by atoms with Gasteiger partial charge in [0.25, 0.3) is 5.56 Å². The van der Waals surface area contributed by atoms with Crippen LogP contribution in [-0.2, 0) is 18.4 Å². The van der Waals surface area contributed by atoms with Crippen molar-refractivity contribution >= 4 is 5.91 Å². The van der Waals surface area contributed by atoms with E-state index in [2.05, 4.69) is 0 Å². The van der Waals surface area contributed by atoms with Crippen LogP contribution in [0.5, 0.6) is 0 Å². The normalized spacial score (nSPS) is 10.8. The maximum Gasteiger partial charge on any atom is 0.331 e. The monoisotopic (exact) mass is 269 g/mol. The summed E-state index contributed by atoms with van der Waals surface area (Å²) in [6, 6.07) is 1.17. The van der Waals surface area contributed by atoms with E-state index in [4.69, 9.17) is 5.11 Å². The molecular weight excluding hydrogens is 250 g/mol. The molecule has 0 aliphatic carbocycles. The van der Waals surface area contributed by atoms with Crippen LogP contribution in [0.4, 0.5) is 0 Å². The Morgan fingerprint density at radius 3 is 2.58 bits per heavy atom. The molecule has 106 valence electrons. The van der Waals surface area contributed by atoms with Gasteiger partial charge >= 0.3 is 5.69 Å². The fraction of sp³-hybridized carbons (Fsp3) is 0.583. The molecule has 1 amide bonds. The summed E-state index contributed by atoms with van der Waals surface area (Å²) in [5.74, 6) is -0.273. The van der Waals surface area contributed by atoms with Gasteiger partial charge in [-0.25, -0.2) is 4.79 Å². The lowest BCUT2D eigenvalue weighted by atomic mass is 10.3. The molecule has 0 atom stereocenters. The molecule has 1 rings (SSSR count). The molecule has 0 aromatic carbocycles. The topological polar surface area (TPSA) is 84.5 Å². The molecule has 0 radical (unpaired) electrons. The molecule has 0 saturated carbocycles. The zero-order chi connectivity index (χ0) is 14.6. The van der Waals surface area contributed by atoms with E-state index in [1.807, 2.05) is 13.8 Å². The average molecular weight is 269 g/mol. The van der Waals surface area contributed by atoms with Gasteiger partial charge in [-0.1, -0.05) is 0 Å². The Hall–Kier alpha value is -1.89. The van der Waals surface area contributed by atoms with Gasteiger partial charge in [0, 0.05) is 31.9 Å². The highest BCUT2D eigenvalue weighted by Crippen LogP contribution is 1.99.